The van der Waals surface area contributed by atoms with Crippen molar-refractivity contribution in [3.8, 4) is 5.75 Å². The van der Waals surface area contributed by atoms with E-state index in [2.05, 4.69) is 15.9 Å². The van der Waals surface area contributed by atoms with Crippen molar-refractivity contribution >= 4 is 43.3 Å². The number of carbonyl (C=O) groups is 1. The van der Waals surface area contributed by atoms with Crippen molar-refractivity contribution in [2.75, 3.05) is 7.11 Å². The molecule has 1 aromatic carbocycles. The molecular weight excluding hydrogens is 280 g/mol. The maximum absolute atomic E-state index is 10.9. The molecule has 5 heteroatoms. The van der Waals surface area contributed by atoms with E-state index < -0.39 is 5.97 Å². The molecule has 0 radical (unpaired) electrons. The Morgan fingerprint density at radius 1 is 1.53 bits per heavy atom. The number of carboxylic acids is 1. The molecule has 15 heavy (non-hydrogen) atoms. The number of ether oxygens (including phenoxy) is 1. The molecule has 0 spiro atoms. The minimum Gasteiger partial charge on any atom is -0.495 e. The molecular formula is C10H7BrO3S. The first kappa shape index (κ1) is 10.4. The van der Waals surface area contributed by atoms with E-state index in [0.717, 1.165) is 10.1 Å². The maximum Gasteiger partial charge on any atom is 0.347 e. The fourth-order valence-electron chi connectivity index (χ4n) is 1.36. The molecule has 0 unspecified atom stereocenters. The lowest BCUT2D eigenvalue weighted by molar-refractivity contribution is 0.0701. The molecule has 1 N–H and O–H groups in total. The van der Waals surface area contributed by atoms with Gasteiger partial charge in [0.05, 0.1) is 16.3 Å². The van der Waals surface area contributed by atoms with Gasteiger partial charge in [-0.2, -0.15) is 0 Å². The Labute approximate surface area is 98.4 Å². The van der Waals surface area contributed by atoms with E-state index in [-0.39, 0.29) is 0 Å². The number of halogens is 1. The molecule has 0 saturated carbocycles. The van der Waals surface area contributed by atoms with Gasteiger partial charge in [0.2, 0.25) is 0 Å². The molecule has 0 atom stereocenters. The highest BCUT2D eigenvalue weighted by atomic mass is 79.9. The number of methoxy groups -OCH3 is 1. The Balaban J connectivity index is 2.81. The molecule has 0 saturated heterocycles. The SMILES string of the molecule is COc1cccc2c(Br)c(C(=O)O)sc12. The summed E-state index contributed by atoms with van der Waals surface area (Å²) >= 11 is 4.50. The molecule has 0 aliphatic rings. The highest BCUT2D eigenvalue weighted by Crippen LogP contribution is 2.40. The minimum absolute atomic E-state index is 0.300. The summed E-state index contributed by atoms with van der Waals surface area (Å²) in [6.07, 6.45) is 0. The fraction of sp³-hybridized carbons (Fsp3) is 0.100. The number of thiophene rings is 1. The standard InChI is InChI=1S/C10H7BrO3S/c1-14-6-4-2-3-5-7(11)9(10(12)13)15-8(5)6/h2-4H,1H3,(H,12,13). The van der Waals surface area contributed by atoms with Crippen LogP contribution in [0.3, 0.4) is 0 Å². The van der Waals surface area contributed by atoms with Crippen LogP contribution < -0.4 is 4.74 Å². The molecule has 0 aliphatic heterocycles. The average Bonchev–Trinajstić information content (AvgIpc) is 2.56. The van der Waals surface area contributed by atoms with E-state index in [0.29, 0.717) is 15.1 Å². The Morgan fingerprint density at radius 2 is 2.27 bits per heavy atom. The molecule has 0 fully saturated rings. The van der Waals surface area contributed by atoms with E-state index in [1.54, 1.807) is 7.11 Å². The van der Waals surface area contributed by atoms with E-state index in [1.807, 2.05) is 18.2 Å². The molecule has 0 amide bonds. The summed E-state index contributed by atoms with van der Waals surface area (Å²) in [6.45, 7) is 0. The summed E-state index contributed by atoms with van der Waals surface area (Å²) in [6, 6.07) is 5.52. The van der Waals surface area contributed by atoms with Crippen LogP contribution in [0.2, 0.25) is 0 Å². The lowest BCUT2D eigenvalue weighted by Gasteiger charge is -1.99. The van der Waals surface area contributed by atoms with E-state index in [4.69, 9.17) is 9.84 Å². The van der Waals surface area contributed by atoms with Gasteiger partial charge in [-0.3, -0.25) is 0 Å². The van der Waals surface area contributed by atoms with Crippen molar-refractivity contribution in [2.45, 2.75) is 0 Å². The summed E-state index contributed by atoms with van der Waals surface area (Å²) in [7, 11) is 1.57. The van der Waals surface area contributed by atoms with Crippen molar-refractivity contribution in [1.29, 1.82) is 0 Å². The number of fused-ring (bicyclic) bond motifs is 1. The summed E-state index contributed by atoms with van der Waals surface area (Å²) in [4.78, 5) is 11.2. The zero-order valence-electron chi connectivity index (χ0n) is 7.78. The van der Waals surface area contributed by atoms with Crippen molar-refractivity contribution in [2.24, 2.45) is 0 Å². The fourth-order valence-corrected chi connectivity index (χ4v) is 3.26. The molecule has 1 heterocycles. The second-order valence-electron chi connectivity index (χ2n) is 2.89. The summed E-state index contributed by atoms with van der Waals surface area (Å²) in [5, 5.41) is 9.84. The second kappa shape index (κ2) is 3.83. The zero-order valence-corrected chi connectivity index (χ0v) is 10.2. The van der Waals surface area contributed by atoms with Gasteiger partial charge < -0.3 is 9.84 Å². The predicted molar refractivity (Wildman–Crippen MR) is 63.0 cm³/mol. The molecule has 1 aromatic heterocycles. The largest absolute Gasteiger partial charge is 0.495 e. The third kappa shape index (κ3) is 1.61. The van der Waals surface area contributed by atoms with Crippen LogP contribution >= 0.6 is 27.3 Å². The first-order valence-electron chi connectivity index (χ1n) is 4.13. The van der Waals surface area contributed by atoms with E-state index in [9.17, 15) is 4.79 Å². The lowest BCUT2D eigenvalue weighted by atomic mass is 10.2. The number of hydrogen-bond donors (Lipinski definition) is 1. The molecule has 2 rings (SSSR count). The summed E-state index contributed by atoms with van der Waals surface area (Å²) < 4.78 is 6.64. The van der Waals surface area contributed by atoms with E-state index >= 15 is 0 Å². The summed E-state index contributed by atoms with van der Waals surface area (Å²) in [5.41, 5.74) is 0. The van der Waals surface area contributed by atoms with E-state index in [1.165, 1.54) is 11.3 Å². The van der Waals surface area contributed by atoms with Crippen LogP contribution in [0.15, 0.2) is 22.7 Å². The van der Waals surface area contributed by atoms with Crippen molar-refractivity contribution in [1.82, 2.24) is 0 Å². The van der Waals surface area contributed by atoms with Crippen LogP contribution in [0, 0.1) is 0 Å². The topological polar surface area (TPSA) is 46.5 Å². The highest BCUT2D eigenvalue weighted by Gasteiger charge is 2.17. The first-order chi connectivity index (χ1) is 7.15. The molecule has 0 aliphatic carbocycles. The van der Waals surface area contributed by atoms with Gasteiger partial charge in [-0.15, -0.1) is 11.3 Å². The Bertz CT molecular complexity index is 533. The number of carboxylic acid groups (broad SMARTS) is 1. The minimum atomic E-state index is -0.926. The van der Waals surface area contributed by atoms with Crippen LogP contribution in [0.5, 0.6) is 5.75 Å². The molecule has 0 bridgehead atoms. The van der Waals surface area contributed by atoms with Gasteiger partial charge >= 0.3 is 5.97 Å². The number of aromatic carboxylic acids is 1. The van der Waals surface area contributed by atoms with Gasteiger partial charge in [-0.1, -0.05) is 12.1 Å². The molecule has 3 nitrogen and oxygen atoms in total. The first-order valence-corrected chi connectivity index (χ1v) is 5.74. The Kier molecular flexibility index (Phi) is 2.67. The van der Waals surface area contributed by atoms with Crippen LogP contribution in [-0.2, 0) is 0 Å². The number of rotatable bonds is 2. The Hall–Kier alpha value is -1.07. The number of benzene rings is 1. The van der Waals surface area contributed by atoms with Crippen molar-refractivity contribution in [3.05, 3.63) is 27.5 Å². The van der Waals surface area contributed by atoms with Crippen LogP contribution in [0.1, 0.15) is 9.67 Å². The van der Waals surface area contributed by atoms with Gasteiger partial charge in [0.1, 0.15) is 10.6 Å². The van der Waals surface area contributed by atoms with Gasteiger partial charge in [0.25, 0.3) is 0 Å². The second-order valence-corrected chi connectivity index (χ2v) is 4.70. The lowest BCUT2D eigenvalue weighted by Crippen LogP contribution is -1.91. The average molecular weight is 287 g/mol. The van der Waals surface area contributed by atoms with Crippen LogP contribution in [-0.4, -0.2) is 18.2 Å². The van der Waals surface area contributed by atoms with Crippen LogP contribution in [0.4, 0.5) is 0 Å². The molecule has 2 aromatic rings. The van der Waals surface area contributed by atoms with Crippen molar-refractivity contribution in [3.63, 3.8) is 0 Å². The van der Waals surface area contributed by atoms with Gasteiger partial charge in [0, 0.05) is 5.39 Å². The highest BCUT2D eigenvalue weighted by molar-refractivity contribution is 9.10. The van der Waals surface area contributed by atoms with Gasteiger partial charge in [0.15, 0.2) is 0 Å². The van der Waals surface area contributed by atoms with Crippen LogP contribution in [0.25, 0.3) is 10.1 Å². The summed E-state index contributed by atoms with van der Waals surface area (Å²) in [5.74, 6) is -0.226. The number of hydrogen-bond acceptors (Lipinski definition) is 3. The quantitative estimate of drug-likeness (QED) is 0.921. The predicted octanol–water partition coefficient (Wildman–Crippen LogP) is 3.37. The zero-order chi connectivity index (χ0) is 11.0. The smallest absolute Gasteiger partial charge is 0.347 e. The third-order valence-electron chi connectivity index (χ3n) is 2.03. The van der Waals surface area contributed by atoms with Crippen molar-refractivity contribution < 1.29 is 14.6 Å². The van der Waals surface area contributed by atoms with Gasteiger partial charge in [-0.25, -0.2) is 4.79 Å². The maximum atomic E-state index is 10.9. The Morgan fingerprint density at radius 3 is 2.87 bits per heavy atom. The molecule has 78 valence electrons. The monoisotopic (exact) mass is 286 g/mol. The normalized spacial score (nSPS) is 10.5. The van der Waals surface area contributed by atoms with Gasteiger partial charge in [-0.05, 0) is 22.0 Å². The third-order valence-corrected chi connectivity index (χ3v) is 4.33.